The first-order chi connectivity index (χ1) is 18.4. The highest BCUT2D eigenvalue weighted by Gasteiger charge is 2.41. The molecule has 1 aliphatic heterocycles. The summed E-state index contributed by atoms with van der Waals surface area (Å²) in [6.45, 7) is 10.2. The summed E-state index contributed by atoms with van der Waals surface area (Å²) in [6, 6.07) is 16.6. The average Bonchev–Trinajstić information content (AvgIpc) is 3.70. The van der Waals surface area contributed by atoms with Crippen molar-refractivity contribution in [1.82, 2.24) is 14.7 Å². The first-order valence-electron chi connectivity index (χ1n) is 12.9. The molecule has 2 aromatic carbocycles. The van der Waals surface area contributed by atoms with E-state index in [2.05, 4.69) is 50.5 Å². The molecule has 9 nitrogen and oxygen atoms in total. The van der Waals surface area contributed by atoms with Gasteiger partial charge in [-0.1, -0.05) is 36.4 Å². The topological polar surface area (TPSA) is 107 Å². The molecule has 1 aliphatic carbocycles. The van der Waals surface area contributed by atoms with Crippen molar-refractivity contribution in [2.24, 2.45) is 11.7 Å². The van der Waals surface area contributed by atoms with E-state index in [1.54, 1.807) is 18.0 Å². The Morgan fingerprint density at radius 3 is 2.53 bits per heavy atom. The van der Waals surface area contributed by atoms with Crippen LogP contribution in [0.2, 0.25) is 0 Å². The molecule has 2 fully saturated rings. The number of benzene rings is 2. The van der Waals surface area contributed by atoms with Crippen molar-refractivity contribution in [2.75, 3.05) is 32.1 Å². The third-order valence-electron chi connectivity index (χ3n) is 7.58. The fraction of sp³-hybridized carbons (Fsp3) is 0.379. The van der Waals surface area contributed by atoms with Crippen molar-refractivity contribution in [3.63, 3.8) is 0 Å². The number of amides is 2. The average molecular weight is 513 g/mol. The predicted molar refractivity (Wildman–Crippen MR) is 144 cm³/mol. The van der Waals surface area contributed by atoms with Crippen LogP contribution in [-0.4, -0.2) is 53.2 Å². The SMILES string of the molecule is [C-]#[N+]CC1(n2cc(C(N)=O)c(NC(=O)C3CC3)n2)CCN(Cc2ccc(-c3cccc(OC)c3)cc2)CC1. The maximum Gasteiger partial charge on any atom is 0.254 e. The normalized spacial score (nSPS) is 16.9. The minimum Gasteiger partial charge on any atom is -0.497 e. The maximum absolute atomic E-state index is 12.3. The Morgan fingerprint density at radius 2 is 1.89 bits per heavy atom. The van der Waals surface area contributed by atoms with Crippen molar-refractivity contribution in [2.45, 2.75) is 37.8 Å². The van der Waals surface area contributed by atoms with Crippen molar-refractivity contribution in [3.05, 3.63) is 77.3 Å². The van der Waals surface area contributed by atoms with E-state index in [-0.39, 0.29) is 29.8 Å². The smallest absolute Gasteiger partial charge is 0.254 e. The number of methoxy groups -OCH3 is 1. The molecule has 1 saturated carbocycles. The van der Waals surface area contributed by atoms with E-state index in [0.717, 1.165) is 49.4 Å². The highest BCUT2D eigenvalue weighted by Crippen LogP contribution is 2.34. The number of hydrogen-bond acceptors (Lipinski definition) is 5. The Morgan fingerprint density at radius 1 is 1.16 bits per heavy atom. The number of carbonyl (C=O) groups excluding carboxylic acids is 2. The van der Waals surface area contributed by atoms with Crippen LogP contribution in [0.25, 0.3) is 16.0 Å². The van der Waals surface area contributed by atoms with Crippen molar-refractivity contribution in [1.29, 1.82) is 0 Å². The number of hydrogen-bond donors (Lipinski definition) is 2. The van der Waals surface area contributed by atoms with Crippen LogP contribution in [0.5, 0.6) is 5.75 Å². The molecule has 0 spiro atoms. The molecule has 0 unspecified atom stereocenters. The van der Waals surface area contributed by atoms with Crippen LogP contribution in [-0.2, 0) is 16.9 Å². The molecule has 5 rings (SSSR count). The summed E-state index contributed by atoms with van der Waals surface area (Å²) in [5, 5.41) is 7.34. The Kier molecular flexibility index (Phi) is 7.16. The summed E-state index contributed by atoms with van der Waals surface area (Å²) in [5.74, 6) is 0.225. The molecular weight excluding hydrogens is 480 g/mol. The van der Waals surface area contributed by atoms with Crippen LogP contribution in [0.4, 0.5) is 5.82 Å². The molecule has 38 heavy (non-hydrogen) atoms. The van der Waals surface area contributed by atoms with E-state index in [1.165, 1.54) is 5.56 Å². The van der Waals surface area contributed by atoms with Crippen LogP contribution in [0.15, 0.2) is 54.7 Å². The lowest BCUT2D eigenvalue weighted by atomic mass is 9.87. The van der Waals surface area contributed by atoms with Crippen molar-refractivity contribution < 1.29 is 14.3 Å². The number of likely N-dealkylation sites (tertiary alicyclic amines) is 1. The number of rotatable bonds is 9. The summed E-state index contributed by atoms with van der Waals surface area (Å²) in [5.41, 5.74) is 8.69. The van der Waals surface area contributed by atoms with E-state index >= 15 is 0 Å². The lowest BCUT2D eigenvalue weighted by molar-refractivity contribution is -0.117. The lowest BCUT2D eigenvalue weighted by Gasteiger charge is -2.38. The molecule has 0 bridgehead atoms. The molecule has 9 heteroatoms. The van der Waals surface area contributed by atoms with Crippen LogP contribution in [0, 0.1) is 12.5 Å². The highest BCUT2D eigenvalue weighted by molar-refractivity contribution is 6.02. The Bertz CT molecular complexity index is 1360. The fourth-order valence-electron chi connectivity index (χ4n) is 5.05. The molecule has 3 N–H and O–H groups in total. The van der Waals surface area contributed by atoms with Crippen molar-refractivity contribution in [3.8, 4) is 16.9 Å². The van der Waals surface area contributed by atoms with Gasteiger partial charge in [0, 0.05) is 31.7 Å². The lowest BCUT2D eigenvalue weighted by Crippen LogP contribution is -2.47. The zero-order valence-electron chi connectivity index (χ0n) is 21.5. The Labute approximate surface area is 222 Å². The summed E-state index contributed by atoms with van der Waals surface area (Å²) < 4.78 is 7.04. The van der Waals surface area contributed by atoms with E-state index in [0.29, 0.717) is 12.8 Å². The fourth-order valence-corrected chi connectivity index (χ4v) is 5.05. The van der Waals surface area contributed by atoms with Crippen LogP contribution >= 0.6 is 0 Å². The van der Waals surface area contributed by atoms with Gasteiger partial charge in [0.2, 0.25) is 12.5 Å². The minimum atomic E-state index is -0.643. The van der Waals surface area contributed by atoms with E-state index in [4.69, 9.17) is 17.0 Å². The number of nitrogens with one attached hydrogen (secondary N) is 1. The third-order valence-corrected chi connectivity index (χ3v) is 7.58. The summed E-state index contributed by atoms with van der Waals surface area (Å²) in [6.07, 6.45) is 4.70. The largest absolute Gasteiger partial charge is 0.497 e. The van der Waals surface area contributed by atoms with Gasteiger partial charge in [0.05, 0.1) is 7.11 Å². The summed E-state index contributed by atoms with van der Waals surface area (Å²) in [4.78, 5) is 30.5. The molecule has 2 amide bonds. The molecule has 3 aromatic rings. The predicted octanol–water partition coefficient (Wildman–Crippen LogP) is 3.92. The molecule has 0 atom stereocenters. The second-order valence-corrected chi connectivity index (χ2v) is 10.2. The number of carbonyl (C=O) groups is 2. The Hall–Kier alpha value is -4.16. The van der Waals surface area contributed by atoms with Gasteiger partial charge >= 0.3 is 0 Å². The van der Waals surface area contributed by atoms with E-state index in [9.17, 15) is 9.59 Å². The van der Waals surface area contributed by atoms with Crippen molar-refractivity contribution >= 4 is 17.6 Å². The number of anilines is 1. The van der Waals surface area contributed by atoms with Gasteiger partial charge in [-0.25, -0.2) is 6.57 Å². The molecule has 196 valence electrons. The maximum atomic E-state index is 12.3. The van der Waals surface area contributed by atoms with E-state index in [1.807, 2.05) is 18.2 Å². The zero-order valence-corrected chi connectivity index (χ0v) is 21.5. The second kappa shape index (κ2) is 10.7. The number of nitrogens with zero attached hydrogens (tertiary/aromatic N) is 4. The van der Waals surface area contributed by atoms with Gasteiger partial charge < -0.3 is 20.6 Å². The highest BCUT2D eigenvalue weighted by atomic mass is 16.5. The number of aromatic nitrogens is 2. The molecule has 1 aromatic heterocycles. The van der Waals surface area contributed by atoms with Gasteiger partial charge in [0.15, 0.2) is 5.82 Å². The summed E-state index contributed by atoms with van der Waals surface area (Å²) >= 11 is 0. The molecule has 2 aliphatic rings. The third kappa shape index (κ3) is 5.41. The minimum absolute atomic E-state index is 0.0223. The van der Waals surface area contributed by atoms with Crippen LogP contribution in [0.1, 0.15) is 41.6 Å². The van der Waals surface area contributed by atoms with Gasteiger partial charge in [-0.2, -0.15) is 5.10 Å². The number of piperidine rings is 1. The van der Waals surface area contributed by atoms with Gasteiger partial charge in [0.25, 0.3) is 5.91 Å². The molecule has 1 saturated heterocycles. The number of nitrogens with two attached hydrogens (primary N) is 1. The number of ether oxygens (including phenoxy) is 1. The standard InChI is InChI=1S/C29H32N6O3/c1-31-19-29(35-18-25(26(30)36)27(33-35)32-28(37)22-10-11-22)12-14-34(15-13-29)17-20-6-8-21(9-7-20)23-4-3-5-24(16-23)38-2/h3-9,16,18,22H,10-15,17,19H2,2H3,(H2,30,36)(H,32,33,37). The van der Waals surface area contributed by atoms with Gasteiger partial charge in [0.1, 0.15) is 16.9 Å². The molecular formula is C29H32N6O3. The first kappa shape index (κ1) is 25.5. The van der Waals surface area contributed by atoms with Gasteiger partial charge in [-0.05, 0) is 54.5 Å². The number of primary amides is 1. The van der Waals surface area contributed by atoms with Crippen LogP contribution < -0.4 is 15.8 Å². The summed E-state index contributed by atoms with van der Waals surface area (Å²) in [7, 11) is 1.67. The van der Waals surface area contributed by atoms with Crippen LogP contribution in [0.3, 0.4) is 0 Å². The first-order valence-corrected chi connectivity index (χ1v) is 12.9. The van der Waals surface area contributed by atoms with Gasteiger partial charge in [-0.3, -0.25) is 19.2 Å². The molecule has 2 heterocycles. The monoisotopic (exact) mass is 512 g/mol. The Balaban J connectivity index is 1.27. The second-order valence-electron chi connectivity index (χ2n) is 10.2. The quantitative estimate of drug-likeness (QED) is 0.423. The zero-order chi connectivity index (χ0) is 26.7. The van der Waals surface area contributed by atoms with Gasteiger partial charge in [-0.15, -0.1) is 0 Å². The van der Waals surface area contributed by atoms with E-state index < -0.39 is 11.4 Å². The molecule has 0 radical (unpaired) electrons.